The predicted molar refractivity (Wildman–Crippen MR) is 167 cm³/mol. The highest BCUT2D eigenvalue weighted by molar-refractivity contribution is 5.99. The van der Waals surface area contributed by atoms with Gasteiger partial charge in [0.15, 0.2) is 5.82 Å². The van der Waals surface area contributed by atoms with Crippen LogP contribution in [0.25, 0.3) is 22.3 Å². The molecule has 1 aliphatic rings. The number of nitrogens with zero attached hydrogens (tertiary/aromatic N) is 5. The number of fused-ring (bicyclic) bond motifs is 1. The SMILES string of the molecule is CC(C)(C)OC(=O)N(c1ccc2c(c1)c(C(C)(C)C)nn2C(=O)O)c1ccnc(-c2cccc(CCC(=O)NC3CC3)c2)n1. The van der Waals surface area contributed by atoms with Crippen molar-refractivity contribution in [3.8, 4) is 11.4 Å². The molecule has 0 unspecified atom stereocenters. The third-order valence-electron chi connectivity index (χ3n) is 7.03. The lowest BCUT2D eigenvalue weighted by molar-refractivity contribution is -0.121. The first kappa shape index (κ1) is 30.7. The van der Waals surface area contributed by atoms with E-state index in [4.69, 9.17) is 9.72 Å². The van der Waals surface area contributed by atoms with Crippen molar-refractivity contribution in [3.63, 3.8) is 0 Å². The van der Waals surface area contributed by atoms with E-state index < -0.39 is 23.2 Å². The van der Waals surface area contributed by atoms with Crippen LogP contribution in [0.15, 0.2) is 54.7 Å². The number of nitrogens with one attached hydrogen (secondary N) is 1. The summed E-state index contributed by atoms with van der Waals surface area (Å²) in [5.74, 6) is 0.723. The van der Waals surface area contributed by atoms with Crippen molar-refractivity contribution < 1.29 is 24.2 Å². The van der Waals surface area contributed by atoms with Gasteiger partial charge < -0.3 is 15.2 Å². The number of carbonyl (C=O) groups excluding carboxylic acids is 2. The predicted octanol–water partition coefficient (Wildman–Crippen LogP) is 6.60. The molecule has 1 fully saturated rings. The zero-order valence-corrected chi connectivity index (χ0v) is 25.9. The zero-order valence-electron chi connectivity index (χ0n) is 25.9. The van der Waals surface area contributed by atoms with Gasteiger partial charge >= 0.3 is 12.2 Å². The molecule has 11 nitrogen and oxygen atoms in total. The maximum absolute atomic E-state index is 13.7. The molecule has 2 aromatic heterocycles. The van der Waals surface area contributed by atoms with Crippen molar-refractivity contribution in [3.05, 3.63) is 66.0 Å². The van der Waals surface area contributed by atoms with Gasteiger partial charge in [0.1, 0.15) is 11.4 Å². The van der Waals surface area contributed by atoms with Gasteiger partial charge in [-0.3, -0.25) is 4.79 Å². The van der Waals surface area contributed by atoms with E-state index in [9.17, 15) is 19.5 Å². The summed E-state index contributed by atoms with van der Waals surface area (Å²) < 4.78 is 6.73. The molecule has 4 aromatic rings. The molecule has 0 spiro atoms. The first-order chi connectivity index (χ1) is 20.7. The summed E-state index contributed by atoms with van der Waals surface area (Å²) in [5.41, 5.74) is 1.86. The first-order valence-corrected chi connectivity index (χ1v) is 14.7. The Bertz CT molecular complexity index is 1730. The fraction of sp³-hybridized carbons (Fsp3) is 0.394. The molecule has 230 valence electrons. The molecule has 1 aliphatic carbocycles. The number of aryl methyl sites for hydroxylation is 1. The zero-order chi connectivity index (χ0) is 31.8. The highest BCUT2D eigenvalue weighted by Crippen LogP contribution is 2.35. The molecule has 44 heavy (non-hydrogen) atoms. The number of benzene rings is 2. The van der Waals surface area contributed by atoms with E-state index in [1.807, 2.05) is 45.0 Å². The smallest absolute Gasteiger partial charge is 0.432 e. The van der Waals surface area contributed by atoms with Crippen LogP contribution < -0.4 is 10.2 Å². The third-order valence-corrected chi connectivity index (χ3v) is 7.03. The van der Waals surface area contributed by atoms with E-state index in [0.29, 0.717) is 47.0 Å². The van der Waals surface area contributed by atoms with Gasteiger partial charge in [0.05, 0.1) is 16.9 Å². The molecule has 5 rings (SSSR count). The van der Waals surface area contributed by atoms with Crippen LogP contribution in [0.4, 0.5) is 21.1 Å². The standard InChI is InChI=1S/C33H38N6O5/c1-32(2,3)28-24-19-23(13-14-25(24)39(37-28)30(41)42)38(31(43)44-33(4,5)6)26-16-17-34-29(36-26)21-9-7-8-20(18-21)10-15-27(40)35-22-11-12-22/h7-9,13-14,16-19,22H,10-12,15H2,1-6H3,(H,35,40)(H,41,42). The second kappa shape index (κ2) is 11.7. The number of hydrogen-bond donors (Lipinski definition) is 2. The van der Waals surface area contributed by atoms with E-state index in [2.05, 4.69) is 15.4 Å². The number of carboxylic acid groups (broad SMARTS) is 1. The number of hydrogen-bond acceptors (Lipinski definition) is 7. The largest absolute Gasteiger partial charge is 0.463 e. The Balaban J connectivity index is 1.53. The van der Waals surface area contributed by atoms with Crippen molar-refractivity contribution in [1.29, 1.82) is 0 Å². The quantitative estimate of drug-likeness (QED) is 0.242. The minimum absolute atomic E-state index is 0.0460. The van der Waals surface area contributed by atoms with Crippen molar-refractivity contribution in [1.82, 2.24) is 25.1 Å². The Kier molecular flexibility index (Phi) is 8.15. The number of carbonyl (C=O) groups is 3. The molecule has 0 radical (unpaired) electrons. The Morgan fingerprint density at radius 3 is 2.45 bits per heavy atom. The van der Waals surface area contributed by atoms with E-state index in [-0.39, 0.29) is 11.7 Å². The second-order valence-electron chi connectivity index (χ2n) is 13.1. The van der Waals surface area contributed by atoms with Gasteiger partial charge in [-0.25, -0.2) is 24.5 Å². The van der Waals surface area contributed by atoms with Gasteiger partial charge in [0.25, 0.3) is 0 Å². The third kappa shape index (κ3) is 7.04. The fourth-order valence-electron chi connectivity index (χ4n) is 4.85. The van der Waals surface area contributed by atoms with Crippen LogP contribution in [0.3, 0.4) is 0 Å². The molecular formula is C33H38N6O5. The minimum Gasteiger partial charge on any atom is -0.463 e. The fourth-order valence-corrected chi connectivity index (χ4v) is 4.85. The number of rotatable bonds is 7. The van der Waals surface area contributed by atoms with Crippen LogP contribution in [0.5, 0.6) is 0 Å². The molecule has 0 bridgehead atoms. The van der Waals surface area contributed by atoms with Crippen LogP contribution in [0, 0.1) is 0 Å². The van der Waals surface area contributed by atoms with Gasteiger partial charge in [0.2, 0.25) is 5.91 Å². The normalized spacial score (nSPS) is 13.5. The average molecular weight is 599 g/mol. The van der Waals surface area contributed by atoms with Crippen LogP contribution in [0.1, 0.15) is 72.1 Å². The highest BCUT2D eigenvalue weighted by atomic mass is 16.6. The topological polar surface area (TPSA) is 140 Å². The summed E-state index contributed by atoms with van der Waals surface area (Å²) >= 11 is 0. The van der Waals surface area contributed by atoms with Gasteiger partial charge in [-0.2, -0.15) is 9.78 Å². The molecule has 1 saturated carbocycles. The lowest BCUT2D eigenvalue weighted by atomic mass is 9.90. The van der Waals surface area contributed by atoms with E-state index in [0.717, 1.165) is 28.7 Å². The molecule has 2 N–H and O–H groups in total. The van der Waals surface area contributed by atoms with Crippen LogP contribution in [-0.4, -0.2) is 54.6 Å². The van der Waals surface area contributed by atoms with E-state index in [1.165, 1.54) is 4.90 Å². The molecule has 2 heterocycles. The molecule has 2 amide bonds. The molecule has 11 heteroatoms. The van der Waals surface area contributed by atoms with E-state index >= 15 is 0 Å². The summed E-state index contributed by atoms with van der Waals surface area (Å²) in [6.07, 6.45) is 2.79. The summed E-state index contributed by atoms with van der Waals surface area (Å²) in [7, 11) is 0. The average Bonchev–Trinajstić information content (AvgIpc) is 3.66. The van der Waals surface area contributed by atoms with Crippen LogP contribution >= 0.6 is 0 Å². The van der Waals surface area contributed by atoms with Gasteiger partial charge in [-0.05, 0) is 75.9 Å². The number of aromatic nitrogens is 4. The molecular weight excluding hydrogens is 560 g/mol. The number of anilines is 2. The summed E-state index contributed by atoms with van der Waals surface area (Å²) in [4.78, 5) is 48.5. The Morgan fingerprint density at radius 1 is 1.05 bits per heavy atom. The minimum atomic E-state index is -1.20. The van der Waals surface area contributed by atoms with Gasteiger partial charge in [-0.1, -0.05) is 39.0 Å². The van der Waals surface area contributed by atoms with Crippen LogP contribution in [-0.2, 0) is 21.4 Å². The van der Waals surface area contributed by atoms with Crippen molar-refractivity contribution in [2.45, 2.75) is 84.3 Å². The first-order valence-electron chi connectivity index (χ1n) is 14.7. The summed E-state index contributed by atoms with van der Waals surface area (Å²) in [6, 6.07) is 14.6. The second-order valence-corrected chi connectivity index (χ2v) is 13.1. The van der Waals surface area contributed by atoms with Gasteiger partial charge in [0, 0.05) is 35.0 Å². The molecule has 0 aliphatic heterocycles. The molecule has 2 aromatic carbocycles. The lowest BCUT2D eigenvalue weighted by Gasteiger charge is -2.27. The Hall–Kier alpha value is -4.80. The van der Waals surface area contributed by atoms with Gasteiger partial charge in [-0.15, -0.1) is 0 Å². The maximum atomic E-state index is 13.7. The monoisotopic (exact) mass is 598 g/mol. The van der Waals surface area contributed by atoms with Crippen molar-refractivity contribution in [2.24, 2.45) is 0 Å². The Morgan fingerprint density at radius 2 is 1.80 bits per heavy atom. The Labute approximate surface area is 256 Å². The van der Waals surface area contributed by atoms with E-state index in [1.54, 1.807) is 51.2 Å². The van der Waals surface area contributed by atoms with Crippen molar-refractivity contribution >= 4 is 40.5 Å². The highest BCUT2D eigenvalue weighted by Gasteiger charge is 2.30. The molecule has 0 saturated heterocycles. The molecule has 0 atom stereocenters. The lowest BCUT2D eigenvalue weighted by Crippen LogP contribution is -2.34. The maximum Gasteiger partial charge on any atom is 0.432 e. The number of amides is 2. The number of ether oxygens (including phenoxy) is 1. The van der Waals surface area contributed by atoms with Crippen LogP contribution in [0.2, 0.25) is 0 Å². The van der Waals surface area contributed by atoms with Crippen molar-refractivity contribution in [2.75, 3.05) is 4.90 Å². The summed E-state index contributed by atoms with van der Waals surface area (Å²) in [6.45, 7) is 11.2. The summed E-state index contributed by atoms with van der Waals surface area (Å²) in [5, 5.41) is 17.8.